The fourth-order valence-electron chi connectivity index (χ4n) is 2.15. The second kappa shape index (κ2) is 4.87. The first-order valence-electron chi connectivity index (χ1n) is 5.81. The lowest BCUT2D eigenvalue weighted by molar-refractivity contribution is 0.0951. The van der Waals surface area contributed by atoms with Crippen LogP contribution < -0.4 is 11.1 Å². The molecule has 1 heterocycles. The lowest BCUT2D eigenvalue weighted by atomic mass is 10.1. The van der Waals surface area contributed by atoms with Crippen LogP contribution in [0.4, 0.5) is 5.69 Å². The van der Waals surface area contributed by atoms with Crippen LogP contribution in [0.5, 0.6) is 0 Å². The first kappa shape index (κ1) is 11.5. The number of thiophene rings is 1. The van der Waals surface area contributed by atoms with Gasteiger partial charge in [0.1, 0.15) is 0 Å². The predicted octanol–water partition coefficient (Wildman–Crippen LogP) is 2.56. The van der Waals surface area contributed by atoms with Gasteiger partial charge in [0.2, 0.25) is 0 Å². The van der Waals surface area contributed by atoms with Crippen LogP contribution in [-0.2, 0) is 0 Å². The van der Waals surface area contributed by atoms with Crippen molar-refractivity contribution in [2.45, 2.75) is 32.6 Å². The zero-order valence-electron chi connectivity index (χ0n) is 9.58. The maximum absolute atomic E-state index is 11.8. The Balaban J connectivity index is 1.87. The number of nitrogens with one attached hydrogen (secondary N) is 1. The van der Waals surface area contributed by atoms with Gasteiger partial charge in [0, 0.05) is 17.1 Å². The number of aryl methyl sites for hydroxylation is 1. The first-order chi connectivity index (χ1) is 7.66. The van der Waals surface area contributed by atoms with Crippen molar-refractivity contribution in [3.05, 3.63) is 15.8 Å². The maximum Gasteiger partial charge on any atom is 0.261 e. The van der Waals surface area contributed by atoms with E-state index in [0.717, 1.165) is 22.0 Å². The highest BCUT2D eigenvalue weighted by atomic mass is 32.1. The Morgan fingerprint density at radius 2 is 2.25 bits per heavy atom. The smallest absolute Gasteiger partial charge is 0.261 e. The summed E-state index contributed by atoms with van der Waals surface area (Å²) >= 11 is 1.47. The molecule has 0 atom stereocenters. The van der Waals surface area contributed by atoms with Gasteiger partial charge < -0.3 is 11.1 Å². The third-order valence-corrected chi connectivity index (χ3v) is 4.27. The van der Waals surface area contributed by atoms with Crippen molar-refractivity contribution in [2.75, 3.05) is 12.3 Å². The molecule has 0 spiro atoms. The van der Waals surface area contributed by atoms with Gasteiger partial charge in [0.05, 0.1) is 4.88 Å². The molecule has 1 aliphatic carbocycles. The Hall–Kier alpha value is -1.03. The molecule has 0 aromatic carbocycles. The summed E-state index contributed by atoms with van der Waals surface area (Å²) in [7, 11) is 0. The summed E-state index contributed by atoms with van der Waals surface area (Å²) in [4.78, 5) is 13.6. The van der Waals surface area contributed by atoms with Gasteiger partial charge in [-0.1, -0.05) is 12.8 Å². The van der Waals surface area contributed by atoms with Gasteiger partial charge >= 0.3 is 0 Å². The molecule has 3 nitrogen and oxygen atoms in total. The topological polar surface area (TPSA) is 55.1 Å². The molecule has 1 aliphatic rings. The number of hydrogen-bond acceptors (Lipinski definition) is 3. The van der Waals surface area contributed by atoms with Gasteiger partial charge in [-0.05, 0) is 31.7 Å². The highest BCUT2D eigenvalue weighted by molar-refractivity contribution is 7.14. The summed E-state index contributed by atoms with van der Waals surface area (Å²) in [6, 6.07) is 1.77. The SMILES string of the molecule is Cc1sc(C(=O)NCC2CCCC2)cc1N. The second-order valence-corrected chi connectivity index (χ2v) is 5.74. The minimum Gasteiger partial charge on any atom is -0.398 e. The molecule has 1 fully saturated rings. The third-order valence-electron chi connectivity index (χ3n) is 3.21. The zero-order chi connectivity index (χ0) is 11.5. The van der Waals surface area contributed by atoms with Crippen LogP contribution >= 0.6 is 11.3 Å². The minimum atomic E-state index is 0.0247. The van der Waals surface area contributed by atoms with E-state index in [1.807, 2.05) is 6.92 Å². The average molecular weight is 238 g/mol. The van der Waals surface area contributed by atoms with Gasteiger partial charge in [0.25, 0.3) is 5.91 Å². The Morgan fingerprint density at radius 1 is 1.56 bits per heavy atom. The Labute approximate surface area is 100 Å². The molecule has 88 valence electrons. The van der Waals surface area contributed by atoms with Crippen LogP contribution in [0.15, 0.2) is 6.07 Å². The second-order valence-electron chi connectivity index (χ2n) is 4.48. The summed E-state index contributed by atoms with van der Waals surface area (Å²) < 4.78 is 0. The van der Waals surface area contributed by atoms with Crippen molar-refractivity contribution in [1.82, 2.24) is 5.32 Å². The largest absolute Gasteiger partial charge is 0.398 e. The van der Waals surface area contributed by atoms with Gasteiger partial charge in [-0.15, -0.1) is 11.3 Å². The molecule has 1 aromatic heterocycles. The van der Waals surface area contributed by atoms with Crippen LogP contribution in [0.1, 0.15) is 40.2 Å². The van der Waals surface area contributed by atoms with Gasteiger partial charge in [-0.2, -0.15) is 0 Å². The maximum atomic E-state index is 11.8. The van der Waals surface area contributed by atoms with Gasteiger partial charge in [-0.3, -0.25) is 4.79 Å². The van der Waals surface area contributed by atoms with Gasteiger partial charge in [-0.25, -0.2) is 0 Å². The molecule has 0 unspecified atom stereocenters. The highest BCUT2D eigenvalue weighted by Gasteiger charge is 2.17. The van der Waals surface area contributed by atoms with Crippen molar-refractivity contribution >= 4 is 22.9 Å². The lowest BCUT2D eigenvalue weighted by Crippen LogP contribution is -2.27. The van der Waals surface area contributed by atoms with E-state index in [4.69, 9.17) is 5.73 Å². The average Bonchev–Trinajstić information content (AvgIpc) is 2.86. The summed E-state index contributed by atoms with van der Waals surface area (Å²) in [5.74, 6) is 0.707. The third kappa shape index (κ3) is 2.55. The number of nitrogen functional groups attached to an aromatic ring is 1. The number of amides is 1. The molecule has 0 saturated heterocycles. The number of rotatable bonds is 3. The normalized spacial score (nSPS) is 16.6. The lowest BCUT2D eigenvalue weighted by Gasteiger charge is -2.09. The molecule has 0 radical (unpaired) electrons. The van der Waals surface area contributed by atoms with E-state index in [0.29, 0.717) is 5.92 Å². The van der Waals surface area contributed by atoms with E-state index in [-0.39, 0.29) is 5.91 Å². The molecule has 0 aliphatic heterocycles. The Morgan fingerprint density at radius 3 is 2.81 bits per heavy atom. The molecular weight excluding hydrogens is 220 g/mol. The minimum absolute atomic E-state index is 0.0247. The van der Waals surface area contributed by atoms with Crippen LogP contribution in [0.25, 0.3) is 0 Å². The summed E-state index contributed by atoms with van der Waals surface area (Å²) in [6.07, 6.45) is 5.13. The number of nitrogens with two attached hydrogens (primary N) is 1. The predicted molar refractivity (Wildman–Crippen MR) is 67.8 cm³/mol. The van der Waals surface area contributed by atoms with E-state index in [1.54, 1.807) is 6.07 Å². The molecule has 2 rings (SSSR count). The monoisotopic (exact) mass is 238 g/mol. The van der Waals surface area contributed by atoms with Crippen molar-refractivity contribution in [2.24, 2.45) is 5.92 Å². The first-order valence-corrected chi connectivity index (χ1v) is 6.62. The Bertz CT molecular complexity index is 361. The molecule has 4 heteroatoms. The standard InChI is InChI=1S/C12H18N2OS/c1-8-10(13)6-11(16-8)12(15)14-7-9-4-2-3-5-9/h6,9H,2-5,7,13H2,1H3,(H,14,15). The number of anilines is 1. The van der Waals surface area contributed by atoms with E-state index in [9.17, 15) is 4.79 Å². The van der Waals surface area contributed by atoms with Crippen LogP contribution in [0.2, 0.25) is 0 Å². The fourth-order valence-corrected chi connectivity index (χ4v) is 3.00. The zero-order valence-corrected chi connectivity index (χ0v) is 10.4. The quantitative estimate of drug-likeness (QED) is 0.850. The molecule has 1 saturated carbocycles. The molecule has 16 heavy (non-hydrogen) atoms. The van der Waals surface area contributed by atoms with Crippen LogP contribution in [-0.4, -0.2) is 12.5 Å². The number of hydrogen-bond donors (Lipinski definition) is 2. The van der Waals surface area contributed by atoms with Crippen LogP contribution in [0.3, 0.4) is 0 Å². The van der Waals surface area contributed by atoms with Crippen molar-refractivity contribution < 1.29 is 4.79 Å². The number of carbonyl (C=O) groups excluding carboxylic acids is 1. The van der Waals surface area contributed by atoms with Crippen molar-refractivity contribution in [3.63, 3.8) is 0 Å². The number of carbonyl (C=O) groups is 1. The molecule has 0 bridgehead atoms. The van der Waals surface area contributed by atoms with E-state index in [2.05, 4.69) is 5.32 Å². The summed E-state index contributed by atoms with van der Waals surface area (Å²) in [5.41, 5.74) is 6.45. The Kier molecular flexibility index (Phi) is 3.49. The van der Waals surface area contributed by atoms with Gasteiger partial charge in [0.15, 0.2) is 0 Å². The van der Waals surface area contributed by atoms with E-state index >= 15 is 0 Å². The highest BCUT2D eigenvalue weighted by Crippen LogP contribution is 2.25. The summed E-state index contributed by atoms with van der Waals surface area (Å²) in [6.45, 7) is 2.75. The molecule has 1 aromatic rings. The van der Waals surface area contributed by atoms with E-state index < -0.39 is 0 Å². The molecular formula is C12H18N2OS. The summed E-state index contributed by atoms with van der Waals surface area (Å²) in [5, 5.41) is 3.00. The molecule has 1 amide bonds. The van der Waals surface area contributed by atoms with E-state index in [1.165, 1.54) is 37.0 Å². The molecule has 3 N–H and O–H groups in total. The van der Waals surface area contributed by atoms with Crippen molar-refractivity contribution in [3.8, 4) is 0 Å². The van der Waals surface area contributed by atoms with Crippen LogP contribution in [0, 0.1) is 12.8 Å². The van der Waals surface area contributed by atoms with Crippen molar-refractivity contribution in [1.29, 1.82) is 0 Å². The fraction of sp³-hybridized carbons (Fsp3) is 0.583.